The van der Waals surface area contributed by atoms with Crippen molar-refractivity contribution in [3.05, 3.63) is 0 Å². The zero-order valence-corrected chi connectivity index (χ0v) is 39.7. The standard InChI is InChI=1S/C17H28O2.C16H26O3.C9H12O2.C7H14O2.CH4O.9CH4/c1-5-16(2,3)15(18)19-17(4)13-7-11-6-12(9-13)10-14(17)8-11;1-4-14(2,3)13(17)19-16-8-11-5-12(9-16)7-15(18,6-11)10-16;10-9-8-6-2-1-5(3-6)7(8)4-11-9;1-5-7(2,3)6(8)9-4;1-2;;;;;;;;;/h11-14H,5-10H2,1-4H3;11-12,18H,4-10H2,1-3H3;5-8H,1-4H2;5H2,1-4H3;2H,1H3;9*1H4. The minimum absolute atomic E-state index is 0. The molecule has 10 bridgehead atoms. The van der Waals surface area contributed by atoms with Crippen LogP contribution in [0.15, 0.2) is 0 Å². The molecule has 1 saturated heterocycles. The van der Waals surface area contributed by atoms with Gasteiger partial charge in [0.2, 0.25) is 0 Å². The molecule has 6 unspecified atom stereocenters. The first-order valence-corrected chi connectivity index (χ1v) is 23.9. The fourth-order valence-corrected chi connectivity index (χ4v) is 13.2. The predicted octanol–water partition coefficient (Wildman–Crippen LogP) is 15.4. The van der Waals surface area contributed by atoms with Gasteiger partial charge in [0.1, 0.15) is 11.2 Å². The van der Waals surface area contributed by atoms with Crippen molar-refractivity contribution >= 4 is 23.9 Å². The minimum Gasteiger partial charge on any atom is -0.469 e. The lowest BCUT2D eigenvalue weighted by Crippen LogP contribution is -2.61. The monoisotopic (exact) mass is 989 g/mol. The van der Waals surface area contributed by atoms with Crippen LogP contribution in [0.25, 0.3) is 0 Å². The molecule has 2 N–H and O–H groups in total. The van der Waals surface area contributed by atoms with E-state index in [1.807, 2.05) is 55.4 Å². The molecule has 10 heteroatoms. The number of hydrogen-bond acceptors (Lipinski definition) is 10. The molecule has 10 aliphatic carbocycles. The van der Waals surface area contributed by atoms with E-state index >= 15 is 0 Å². The van der Waals surface area contributed by atoms with Crippen molar-refractivity contribution in [3.63, 3.8) is 0 Å². The highest BCUT2D eigenvalue weighted by atomic mass is 16.6. The maximum Gasteiger partial charge on any atom is 0.312 e. The number of hydrogen-bond donors (Lipinski definition) is 2. The van der Waals surface area contributed by atoms with Crippen molar-refractivity contribution in [2.75, 3.05) is 20.8 Å². The van der Waals surface area contributed by atoms with Crippen LogP contribution in [0.4, 0.5) is 0 Å². The SMILES string of the molecule is C.C.C.C.C.C.C.C.C.CCC(C)(C)C(=O)OC.CCC(C)(C)C(=O)OC1(C)C2CC3CC(C2)CC1C3.CCC(C)(C)C(=O)OC12CC3CC(CC(O)(C3)C1)C2.CO.O=C1OCC2C3CCC(C3)C12. The normalized spacial score (nSPS) is 34.4. The van der Waals surface area contributed by atoms with Crippen molar-refractivity contribution in [2.45, 2.75) is 262 Å². The predicted molar refractivity (Wildman–Crippen MR) is 292 cm³/mol. The van der Waals surface area contributed by atoms with E-state index in [0.717, 1.165) is 76.4 Å². The Morgan fingerprint density at radius 1 is 0.594 bits per heavy atom. The second-order valence-electron chi connectivity index (χ2n) is 23.0. The van der Waals surface area contributed by atoms with Crippen LogP contribution in [0.2, 0.25) is 0 Å². The van der Waals surface area contributed by atoms with E-state index in [1.54, 1.807) is 0 Å². The van der Waals surface area contributed by atoms with Crippen molar-refractivity contribution < 1.29 is 48.3 Å². The van der Waals surface area contributed by atoms with Gasteiger partial charge in [-0.05, 0) is 199 Å². The van der Waals surface area contributed by atoms with Crippen LogP contribution in [0, 0.1) is 75.4 Å². The fourth-order valence-electron chi connectivity index (χ4n) is 13.2. The second-order valence-corrected chi connectivity index (χ2v) is 23.0. The molecule has 1 aliphatic heterocycles. The molecule has 0 spiro atoms. The van der Waals surface area contributed by atoms with E-state index in [1.165, 1.54) is 64.9 Å². The summed E-state index contributed by atoms with van der Waals surface area (Å²) < 4.78 is 21.7. The Bertz CT molecular complexity index is 1490. The average Bonchev–Trinajstić information content (AvgIpc) is 3.92. The molecule has 11 fully saturated rings. The number of carbonyl (C=O) groups is 4. The minimum atomic E-state index is -0.555. The third-order valence-corrected chi connectivity index (χ3v) is 17.6. The summed E-state index contributed by atoms with van der Waals surface area (Å²) in [5.74, 6) is 6.57. The lowest BCUT2D eigenvalue weighted by Gasteiger charge is -2.59. The molecule has 10 saturated carbocycles. The molecule has 69 heavy (non-hydrogen) atoms. The van der Waals surface area contributed by atoms with Gasteiger partial charge in [-0.1, -0.05) is 87.6 Å². The van der Waals surface area contributed by atoms with Crippen LogP contribution < -0.4 is 0 Å². The first kappa shape index (κ1) is 75.7. The molecule has 6 atom stereocenters. The number of aliphatic hydroxyl groups is 2. The number of methoxy groups -OCH3 is 1. The smallest absolute Gasteiger partial charge is 0.312 e. The van der Waals surface area contributed by atoms with Gasteiger partial charge in [0.05, 0.1) is 41.5 Å². The lowest BCUT2D eigenvalue weighted by atomic mass is 9.50. The van der Waals surface area contributed by atoms with Crippen LogP contribution in [0.5, 0.6) is 0 Å². The summed E-state index contributed by atoms with van der Waals surface area (Å²) in [7, 11) is 2.42. The summed E-state index contributed by atoms with van der Waals surface area (Å²) >= 11 is 0. The van der Waals surface area contributed by atoms with Gasteiger partial charge in [-0.3, -0.25) is 19.2 Å². The molecular weight excluding hydrogens is 869 g/mol. The molecule has 11 aliphatic rings. The topological polar surface area (TPSA) is 146 Å². The summed E-state index contributed by atoms with van der Waals surface area (Å²) in [4.78, 5) is 46.9. The van der Waals surface area contributed by atoms with Crippen LogP contribution >= 0.6 is 0 Å². The summed E-state index contributed by atoms with van der Waals surface area (Å²) in [5, 5.41) is 17.6. The Balaban J connectivity index is -0.000000259. The van der Waals surface area contributed by atoms with Crippen LogP contribution in [-0.2, 0) is 38.1 Å². The highest BCUT2D eigenvalue weighted by Gasteiger charge is 2.60. The van der Waals surface area contributed by atoms with E-state index in [9.17, 15) is 24.3 Å². The molecule has 11 rings (SSSR count). The molecule has 0 aromatic carbocycles. The van der Waals surface area contributed by atoms with Crippen LogP contribution in [-0.4, -0.2) is 71.7 Å². The van der Waals surface area contributed by atoms with Gasteiger partial charge in [0.25, 0.3) is 0 Å². The summed E-state index contributed by atoms with van der Waals surface area (Å²) in [6.07, 6.45) is 18.7. The van der Waals surface area contributed by atoms with Gasteiger partial charge >= 0.3 is 23.9 Å². The Morgan fingerprint density at radius 2 is 0.986 bits per heavy atom. The number of ether oxygens (including phenoxy) is 4. The fraction of sp³-hybridized carbons (Fsp3) is 0.932. The molecule has 0 radical (unpaired) electrons. The van der Waals surface area contributed by atoms with Crippen molar-refractivity contribution in [2.24, 2.45) is 75.4 Å². The van der Waals surface area contributed by atoms with Gasteiger partial charge in [0.15, 0.2) is 0 Å². The van der Waals surface area contributed by atoms with Gasteiger partial charge in [-0.25, -0.2) is 0 Å². The third kappa shape index (κ3) is 16.1. The Kier molecular flexibility index (Phi) is 31.7. The van der Waals surface area contributed by atoms with Gasteiger partial charge < -0.3 is 29.2 Å². The van der Waals surface area contributed by atoms with Crippen molar-refractivity contribution in [1.29, 1.82) is 0 Å². The molecule has 0 aromatic rings. The number of esters is 4. The Morgan fingerprint density at radius 3 is 1.36 bits per heavy atom. The van der Waals surface area contributed by atoms with E-state index in [-0.39, 0.29) is 113 Å². The van der Waals surface area contributed by atoms with E-state index in [4.69, 9.17) is 19.3 Å². The highest BCUT2D eigenvalue weighted by molar-refractivity contribution is 5.77. The van der Waals surface area contributed by atoms with Crippen molar-refractivity contribution in [3.8, 4) is 0 Å². The highest BCUT2D eigenvalue weighted by Crippen LogP contribution is 2.61. The number of fused-ring (bicyclic) bond motifs is 5. The molecule has 1 heterocycles. The first-order chi connectivity index (χ1) is 28.0. The van der Waals surface area contributed by atoms with E-state index in [2.05, 4.69) is 18.6 Å². The third-order valence-electron chi connectivity index (χ3n) is 17.6. The Hall–Kier alpha value is -2.20. The quantitative estimate of drug-likeness (QED) is 0.178. The molecule has 0 amide bonds. The van der Waals surface area contributed by atoms with Gasteiger partial charge in [-0.15, -0.1) is 0 Å². The first-order valence-electron chi connectivity index (χ1n) is 23.9. The average molecular weight is 990 g/mol. The maximum atomic E-state index is 12.5. The summed E-state index contributed by atoms with van der Waals surface area (Å²) in [5.41, 5.74) is -2.14. The zero-order valence-electron chi connectivity index (χ0n) is 39.7. The molecule has 416 valence electrons. The maximum absolute atomic E-state index is 12.5. The van der Waals surface area contributed by atoms with E-state index in [0.29, 0.717) is 47.8 Å². The van der Waals surface area contributed by atoms with E-state index < -0.39 is 11.0 Å². The molecule has 0 aromatic heterocycles. The zero-order chi connectivity index (χ0) is 44.6. The molecule has 10 nitrogen and oxygen atoms in total. The number of carbonyl (C=O) groups excluding carboxylic acids is 4. The molecular formula is C59H120O10. The summed E-state index contributed by atoms with van der Waals surface area (Å²) in [6, 6.07) is 0. The second kappa shape index (κ2) is 28.9. The largest absolute Gasteiger partial charge is 0.469 e. The summed E-state index contributed by atoms with van der Waals surface area (Å²) in [6.45, 7) is 20.7. The lowest BCUT2D eigenvalue weighted by molar-refractivity contribution is -0.225. The Labute approximate surface area is 429 Å². The van der Waals surface area contributed by atoms with Gasteiger partial charge in [-0.2, -0.15) is 0 Å². The van der Waals surface area contributed by atoms with Crippen LogP contribution in [0.1, 0.15) is 245 Å². The number of rotatable bonds is 8. The van der Waals surface area contributed by atoms with Crippen LogP contribution in [0.3, 0.4) is 0 Å². The number of cyclic esters (lactones) is 1. The number of aliphatic hydroxyl groups excluding tert-OH is 1. The van der Waals surface area contributed by atoms with Gasteiger partial charge in [0, 0.05) is 19.4 Å². The van der Waals surface area contributed by atoms with Crippen molar-refractivity contribution in [1.82, 2.24) is 0 Å².